The van der Waals surface area contributed by atoms with E-state index in [2.05, 4.69) is 29.1 Å². The van der Waals surface area contributed by atoms with Crippen LogP contribution in [0.15, 0.2) is 12.4 Å². The summed E-state index contributed by atoms with van der Waals surface area (Å²) in [6.07, 6.45) is 5.60. The highest BCUT2D eigenvalue weighted by Crippen LogP contribution is 2.31. The van der Waals surface area contributed by atoms with Gasteiger partial charge in [0.15, 0.2) is 0 Å². The van der Waals surface area contributed by atoms with Crippen LogP contribution in [0.2, 0.25) is 0 Å². The topological polar surface area (TPSA) is 61.0 Å². The summed E-state index contributed by atoms with van der Waals surface area (Å²) in [6, 6.07) is -0.116. The molecule has 2 rings (SSSR count). The normalized spacial score (nSPS) is 24.1. The van der Waals surface area contributed by atoms with E-state index < -0.39 is 0 Å². The lowest BCUT2D eigenvalue weighted by atomic mass is 9.80. The number of amides is 1. The van der Waals surface area contributed by atoms with E-state index in [-0.39, 0.29) is 17.4 Å². The van der Waals surface area contributed by atoms with Gasteiger partial charge < -0.3 is 15.2 Å². The summed E-state index contributed by atoms with van der Waals surface area (Å²) in [5, 5.41) is 3.17. The highest BCUT2D eigenvalue weighted by molar-refractivity contribution is 5.83. The average Bonchev–Trinajstić information content (AvgIpc) is 2.77. The molecule has 0 bridgehead atoms. The van der Waals surface area contributed by atoms with Crippen molar-refractivity contribution in [3.8, 4) is 0 Å². The summed E-state index contributed by atoms with van der Waals surface area (Å²) >= 11 is 0. The fourth-order valence-electron chi connectivity index (χ4n) is 2.73. The zero-order valence-corrected chi connectivity index (χ0v) is 11.4. The molecule has 1 atom stereocenters. The monoisotopic (exact) mass is 250 g/mol. The third-order valence-corrected chi connectivity index (χ3v) is 3.77. The van der Waals surface area contributed by atoms with Gasteiger partial charge in [-0.15, -0.1) is 0 Å². The van der Waals surface area contributed by atoms with E-state index in [1.165, 1.54) is 0 Å². The van der Waals surface area contributed by atoms with Crippen LogP contribution in [-0.2, 0) is 11.3 Å². The van der Waals surface area contributed by atoms with E-state index in [1.807, 2.05) is 11.9 Å². The first-order valence-corrected chi connectivity index (χ1v) is 6.49. The molecule has 0 spiro atoms. The summed E-state index contributed by atoms with van der Waals surface area (Å²) in [4.78, 5) is 21.7. The lowest BCUT2D eigenvalue weighted by Crippen LogP contribution is -2.50. The molecule has 2 N–H and O–H groups in total. The van der Waals surface area contributed by atoms with Crippen LogP contribution in [0.4, 0.5) is 0 Å². The SMILES string of the molecule is CNC1C(=O)N(Cc2ncc[nH]2)CCCC1(C)C. The summed E-state index contributed by atoms with van der Waals surface area (Å²) in [6.45, 7) is 5.69. The molecular weight excluding hydrogens is 228 g/mol. The smallest absolute Gasteiger partial charge is 0.240 e. The Labute approximate surface area is 108 Å². The number of hydrogen-bond donors (Lipinski definition) is 2. The molecule has 5 heteroatoms. The standard InChI is InChI=1S/C13H22N4O/c1-13(2)5-4-8-17(12(18)11(13)14-3)9-10-15-6-7-16-10/h6-7,11,14H,4-5,8-9H2,1-3H3,(H,15,16). The molecule has 1 amide bonds. The van der Waals surface area contributed by atoms with Gasteiger partial charge >= 0.3 is 0 Å². The Balaban J connectivity index is 2.14. The largest absolute Gasteiger partial charge is 0.347 e. The fraction of sp³-hybridized carbons (Fsp3) is 0.692. The number of likely N-dealkylation sites (tertiary alicyclic amines) is 1. The molecule has 1 unspecified atom stereocenters. The molecule has 5 nitrogen and oxygen atoms in total. The van der Waals surface area contributed by atoms with E-state index in [1.54, 1.807) is 12.4 Å². The number of H-pyrrole nitrogens is 1. The van der Waals surface area contributed by atoms with E-state index in [0.29, 0.717) is 6.54 Å². The minimum atomic E-state index is -0.116. The second-order valence-corrected chi connectivity index (χ2v) is 5.61. The second-order valence-electron chi connectivity index (χ2n) is 5.61. The van der Waals surface area contributed by atoms with Crippen LogP contribution in [-0.4, -0.2) is 40.4 Å². The van der Waals surface area contributed by atoms with Gasteiger partial charge in [0.1, 0.15) is 5.82 Å². The van der Waals surface area contributed by atoms with Crippen LogP contribution in [0.3, 0.4) is 0 Å². The lowest BCUT2D eigenvalue weighted by molar-refractivity contribution is -0.135. The molecule has 0 radical (unpaired) electrons. The molecule has 0 saturated carbocycles. The summed E-state index contributed by atoms with van der Waals surface area (Å²) in [7, 11) is 1.86. The Bertz CT molecular complexity index is 399. The maximum Gasteiger partial charge on any atom is 0.240 e. The summed E-state index contributed by atoms with van der Waals surface area (Å²) in [5.41, 5.74) is 0.00372. The number of nitrogens with zero attached hydrogens (tertiary/aromatic N) is 2. The van der Waals surface area contributed by atoms with Crippen LogP contribution in [0.1, 0.15) is 32.5 Å². The predicted molar refractivity (Wildman–Crippen MR) is 69.9 cm³/mol. The van der Waals surface area contributed by atoms with Gasteiger partial charge in [-0.05, 0) is 25.3 Å². The van der Waals surface area contributed by atoms with E-state index in [0.717, 1.165) is 25.2 Å². The van der Waals surface area contributed by atoms with Crippen molar-refractivity contribution < 1.29 is 4.79 Å². The Morgan fingerprint density at radius 2 is 2.39 bits per heavy atom. The van der Waals surface area contributed by atoms with Crippen molar-refractivity contribution in [1.82, 2.24) is 20.2 Å². The molecule has 1 aliphatic heterocycles. The highest BCUT2D eigenvalue weighted by atomic mass is 16.2. The van der Waals surface area contributed by atoms with Crippen molar-refractivity contribution in [1.29, 1.82) is 0 Å². The van der Waals surface area contributed by atoms with Gasteiger partial charge in [-0.3, -0.25) is 4.79 Å². The van der Waals surface area contributed by atoms with Gasteiger partial charge in [-0.1, -0.05) is 13.8 Å². The Hall–Kier alpha value is -1.36. The molecule has 1 fully saturated rings. The molecule has 2 heterocycles. The Kier molecular flexibility index (Phi) is 3.71. The Morgan fingerprint density at radius 1 is 1.61 bits per heavy atom. The van der Waals surface area contributed by atoms with Crippen molar-refractivity contribution in [2.75, 3.05) is 13.6 Å². The van der Waals surface area contributed by atoms with Crippen molar-refractivity contribution in [3.63, 3.8) is 0 Å². The molecule has 0 aliphatic carbocycles. The van der Waals surface area contributed by atoms with Gasteiger partial charge in [-0.25, -0.2) is 4.98 Å². The summed E-state index contributed by atoms with van der Waals surface area (Å²) < 4.78 is 0. The number of hydrogen-bond acceptors (Lipinski definition) is 3. The van der Waals surface area contributed by atoms with Crippen LogP contribution in [0.5, 0.6) is 0 Å². The van der Waals surface area contributed by atoms with E-state index in [9.17, 15) is 4.79 Å². The molecule has 1 aliphatic rings. The number of aromatic amines is 1. The maximum absolute atomic E-state index is 12.5. The van der Waals surface area contributed by atoms with E-state index in [4.69, 9.17) is 0 Å². The van der Waals surface area contributed by atoms with Crippen LogP contribution < -0.4 is 5.32 Å². The number of aromatic nitrogens is 2. The molecule has 1 aromatic rings. The molecular formula is C13H22N4O. The average molecular weight is 250 g/mol. The Morgan fingerprint density at radius 3 is 3.00 bits per heavy atom. The van der Waals surface area contributed by atoms with Gasteiger partial charge in [0, 0.05) is 18.9 Å². The molecule has 18 heavy (non-hydrogen) atoms. The van der Waals surface area contributed by atoms with Crippen LogP contribution in [0.25, 0.3) is 0 Å². The van der Waals surface area contributed by atoms with E-state index >= 15 is 0 Å². The van der Waals surface area contributed by atoms with Crippen LogP contribution in [0, 0.1) is 5.41 Å². The maximum atomic E-state index is 12.5. The predicted octanol–water partition coefficient (Wildman–Crippen LogP) is 1.15. The first-order valence-electron chi connectivity index (χ1n) is 6.49. The van der Waals surface area contributed by atoms with Gasteiger partial charge in [0.05, 0.1) is 12.6 Å². The zero-order chi connectivity index (χ0) is 13.2. The molecule has 1 saturated heterocycles. The number of imidazole rings is 1. The van der Waals surface area contributed by atoms with Crippen molar-refractivity contribution in [2.24, 2.45) is 5.41 Å². The van der Waals surface area contributed by atoms with Crippen molar-refractivity contribution in [2.45, 2.75) is 39.3 Å². The van der Waals surface area contributed by atoms with Crippen LogP contribution >= 0.6 is 0 Å². The van der Waals surface area contributed by atoms with Gasteiger partial charge in [0.2, 0.25) is 5.91 Å². The first-order chi connectivity index (χ1) is 8.54. The molecule has 1 aromatic heterocycles. The summed E-state index contributed by atoms with van der Waals surface area (Å²) in [5.74, 6) is 1.02. The van der Waals surface area contributed by atoms with Crippen molar-refractivity contribution >= 4 is 5.91 Å². The lowest BCUT2D eigenvalue weighted by Gasteiger charge is -2.32. The fourth-order valence-corrected chi connectivity index (χ4v) is 2.73. The quantitative estimate of drug-likeness (QED) is 0.846. The minimum absolute atomic E-state index is 0.00372. The zero-order valence-electron chi connectivity index (χ0n) is 11.4. The number of rotatable bonds is 3. The van der Waals surface area contributed by atoms with Gasteiger partial charge in [-0.2, -0.15) is 0 Å². The third-order valence-electron chi connectivity index (χ3n) is 3.77. The third kappa shape index (κ3) is 2.56. The second kappa shape index (κ2) is 5.10. The number of carbonyl (C=O) groups excluding carboxylic acids is 1. The molecule has 0 aromatic carbocycles. The number of carbonyl (C=O) groups is 1. The number of nitrogens with one attached hydrogen (secondary N) is 2. The molecule has 100 valence electrons. The van der Waals surface area contributed by atoms with Crippen molar-refractivity contribution in [3.05, 3.63) is 18.2 Å². The van der Waals surface area contributed by atoms with Gasteiger partial charge in [0.25, 0.3) is 0 Å². The first kappa shape index (κ1) is 13.1. The number of likely N-dealkylation sites (N-methyl/N-ethyl adjacent to an activating group) is 1. The minimum Gasteiger partial charge on any atom is -0.347 e. The highest BCUT2D eigenvalue weighted by Gasteiger charge is 2.38.